The Bertz CT molecular complexity index is 414. The number of nitrogens with one attached hydrogen (secondary N) is 1. The van der Waals surface area contributed by atoms with E-state index in [1.54, 1.807) is 0 Å². The number of hydrogen-bond donors (Lipinski definition) is 1. The number of likely N-dealkylation sites (tertiary alicyclic amines) is 1. The van der Waals surface area contributed by atoms with E-state index >= 15 is 0 Å². The molecule has 0 unspecified atom stereocenters. The molecule has 1 aliphatic rings. The van der Waals surface area contributed by atoms with Crippen LogP contribution in [0, 0.1) is 5.92 Å². The molecular weight excluding hydrogens is 262 g/mol. The van der Waals surface area contributed by atoms with Gasteiger partial charge < -0.3 is 9.84 Å². The fourth-order valence-corrected chi connectivity index (χ4v) is 2.93. The van der Waals surface area contributed by atoms with E-state index in [4.69, 9.17) is 4.52 Å². The third-order valence-corrected chi connectivity index (χ3v) is 4.19. The summed E-state index contributed by atoms with van der Waals surface area (Å²) in [6, 6.07) is 2.09. The molecule has 4 heteroatoms. The van der Waals surface area contributed by atoms with Gasteiger partial charge in [0.05, 0.1) is 12.2 Å². The summed E-state index contributed by atoms with van der Waals surface area (Å²) in [6.45, 7) is 12.8. The molecule has 2 rings (SSSR count). The molecule has 0 spiro atoms. The molecule has 21 heavy (non-hydrogen) atoms. The van der Waals surface area contributed by atoms with E-state index in [0.717, 1.165) is 30.5 Å². The monoisotopic (exact) mass is 293 g/mol. The van der Waals surface area contributed by atoms with Gasteiger partial charge in [0.1, 0.15) is 0 Å². The van der Waals surface area contributed by atoms with E-state index < -0.39 is 0 Å². The highest BCUT2D eigenvalue weighted by Crippen LogP contribution is 2.23. The third-order valence-electron chi connectivity index (χ3n) is 4.19. The Morgan fingerprint density at radius 1 is 1.33 bits per heavy atom. The van der Waals surface area contributed by atoms with Crippen LogP contribution in [-0.2, 0) is 13.1 Å². The van der Waals surface area contributed by atoms with Gasteiger partial charge in [0, 0.05) is 18.2 Å². The standard InChI is InChI=1S/C17H31N3O/c1-5-6-14-7-9-20(10-8-14)13-16-11-15(19-21-16)12-18-17(2,3)4/h11,14,18H,5-10,12-13H2,1-4H3. The van der Waals surface area contributed by atoms with Gasteiger partial charge in [-0.15, -0.1) is 0 Å². The highest BCUT2D eigenvalue weighted by molar-refractivity contribution is 5.05. The Kier molecular flexibility index (Phi) is 5.82. The van der Waals surface area contributed by atoms with Crippen molar-refractivity contribution in [2.24, 2.45) is 5.92 Å². The molecule has 4 nitrogen and oxygen atoms in total. The van der Waals surface area contributed by atoms with Crippen LogP contribution in [0.3, 0.4) is 0 Å². The minimum absolute atomic E-state index is 0.111. The number of hydrogen-bond acceptors (Lipinski definition) is 4. The van der Waals surface area contributed by atoms with Crippen LogP contribution in [0.25, 0.3) is 0 Å². The van der Waals surface area contributed by atoms with Gasteiger partial charge in [0.25, 0.3) is 0 Å². The normalized spacial score (nSPS) is 18.3. The van der Waals surface area contributed by atoms with Crippen molar-refractivity contribution in [2.45, 2.75) is 72.0 Å². The van der Waals surface area contributed by atoms with E-state index in [1.807, 2.05) is 0 Å². The molecule has 1 aromatic heterocycles. The van der Waals surface area contributed by atoms with Gasteiger partial charge in [-0.1, -0.05) is 24.9 Å². The predicted octanol–water partition coefficient (Wildman–Crippen LogP) is 3.57. The van der Waals surface area contributed by atoms with Crippen molar-refractivity contribution >= 4 is 0 Å². The lowest BCUT2D eigenvalue weighted by Gasteiger charge is -2.30. The highest BCUT2D eigenvalue weighted by atomic mass is 16.5. The van der Waals surface area contributed by atoms with Crippen LogP contribution in [0.15, 0.2) is 10.6 Å². The van der Waals surface area contributed by atoms with Crippen molar-refractivity contribution in [3.05, 3.63) is 17.5 Å². The Morgan fingerprint density at radius 3 is 2.67 bits per heavy atom. The van der Waals surface area contributed by atoms with Crippen LogP contribution >= 0.6 is 0 Å². The van der Waals surface area contributed by atoms with Crippen LogP contribution in [0.1, 0.15) is 64.8 Å². The number of nitrogens with zero attached hydrogens (tertiary/aromatic N) is 2. The lowest BCUT2D eigenvalue weighted by molar-refractivity contribution is 0.157. The summed E-state index contributed by atoms with van der Waals surface area (Å²) >= 11 is 0. The molecule has 0 saturated carbocycles. The average molecular weight is 293 g/mol. The zero-order valence-corrected chi connectivity index (χ0v) is 14.1. The van der Waals surface area contributed by atoms with E-state index in [0.29, 0.717) is 0 Å². The van der Waals surface area contributed by atoms with E-state index in [1.165, 1.54) is 38.8 Å². The van der Waals surface area contributed by atoms with Gasteiger partial charge in [0.15, 0.2) is 5.76 Å². The van der Waals surface area contributed by atoms with Crippen molar-refractivity contribution in [1.29, 1.82) is 0 Å². The third kappa shape index (κ3) is 5.79. The first-order chi connectivity index (χ1) is 9.96. The summed E-state index contributed by atoms with van der Waals surface area (Å²) in [4.78, 5) is 2.49. The topological polar surface area (TPSA) is 41.3 Å². The predicted molar refractivity (Wildman–Crippen MR) is 86.0 cm³/mol. The van der Waals surface area contributed by atoms with Crippen LogP contribution in [-0.4, -0.2) is 28.7 Å². The number of piperidine rings is 1. The van der Waals surface area contributed by atoms with Crippen molar-refractivity contribution in [3.8, 4) is 0 Å². The maximum absolute atomic E-state index is 5.48. The van der Waals surface area contributed by atoms with Crippen molar-refractivity contribution in [3.63, 3.8) is 0 Å². The molecule has 2 heterocycles. The summed E-state index contributed by atoms with van der Waals surface area (Å²) < 4.78 is 5.48. The fourth-order valence-electron chi connectivity index (χ4n) is 2.93. The smallest absolute Gasteiger partial charge is 0.151 e. The van der Waals surface area contributed by atoms with E-state index in [2.05, 4.69) is 49.1 Å². The van der Waals surface area contributed by atoms with Crippen molar-refractivity contribution in [1.82, 2.24) is 15.4 Å². The molecule has 1 fully saturated rings. The summed E-state index contributed by atoms with van der Waals surface area (Å²) in [6.07, 6.45) is 5.37. The van der Waals surface area contributed by atoms with E-state index in [-0.39, 0.29) is 5.54 Å². The van der Waals surface area contributed by atoms with Gasteiger partial charge in [0.2, 0.25) is 0 Å². The SMILES string of the molecule is CCCC1CCN(Cc2cc(CNC(C)(C)C)no2)CC1. The molecule has 1 saturated heterocycles. The largest absolute Gasteiger partial charge is 0.360 e. The number of aromatic nitrogens is 1. The quantitative estimate of drug-likeness (QED) is 0.870. The Morgan fingerprint density at radius 2 is 2.05 bits per heavy atom. The maximum Gasteiger partial charge on any atom is 0.151 e. The molecule has 1 N–H and O–H groups in total. The second-order valence-corrected chi connectivity index (χ2v) is 7.40. The molecule has 1 aromatic rings. The zero-order valence-electron chi connectivity index (χ0n) is 14.1. The van der Waals surface area contributed by atoms with Gasteiger partial charge in [-0.3, -0.25) is 4.90 Å². The zero-order chi connectivity index (χ0) is 15.3. The van der Waals surface area contributed by atoms with E-state index in [9.17, 15) is 0 Å². The molecule has 0 amide bonds. The van der Waals surface area contributed by atoms with Crippen molar-refractivity contribution in [2.75, 3.05) is 13.1 Å². The Labute approximate surface area is 129 Å². The van der Waals surface area contributed by atoms with Crippen LogP contribution in [0.4, 0.5) is 0 Å². The molecule has 120 valence electrons. The fraction of sp³-hybridized carbons (Fsp3) is 0.824. The Balaban J connectivity index is 1.75. The summed E-state index contributed by atoms with van der Waals surface area (Å²) in [5, 5.41) is 7.60. The molecule has 0 atom stereocenters. The summed E-state index contributed by atoms with van der Waals surface area (Å²) in [5.74, 6) is 1.93. The van der Waals surface area contributed by atoms with Gasteiger partial charge in [-0.25, -0.2) is 0 Å². The molecule has 0 aromatic carbocycles. The van der Waals surface area contributed by atoms with Gasteiger partial charge in [-0.05, 0) is 52.6 Å². The first-order valence-electron chi connectivity index (χ1n) is 8.38. The molecule has 0 aliphatic carbocycles. The number of rotatable bonds is 6. The molecule has 0 bridgehead atoms. The second-order valence-electron chi connectivity index (χ2n) is 7.40. The molecular formula is C17H31N3O. The lowest BCUT2D eigenvalue weighted by atomic mass is 9.92. The second kappa shape index (κ2) is 7.41. The average Bonchev–Trinajstić information content (AvgIpc) is 2.86. The van der Waals surface area contributed by atoms with Crippen LogP contribution in [0.5, 0.6) is 0 Å². The molecule has 1 aliphatic heterocycles. The lowest BCUT2D eigenvalue weighted by Crippen LogP contribution is -2.35. The minimum Gasteiger partial charge on any atom is -0.360 e. The maximum atomic E-state index is 5.48. The first-order valence-corrected chi connectivity index (χ1v) is 8.38. The Hall–Kier alpha value is -0.870. The van der Waals surface area contributed by atoms with Gasteiger partial charge in [-0.2, -0.15) is 0 Å². The highest BCUT2D eigenvalue weighted by Gasteiger charge is 2.20. The summed E-state index contributed by atoms with van der Waals surface area (Å²) in [7, 11) is 0. The molecule has 0 radical (unpaired) electrons. The summed E-state index contributed by atoms with van der Waals surface area (Å²) in [5.41, 5.74) is 1.11. The first kappa shape index (κ1) is 16.5. The van der Waals surface area contributed by atoms with Crippen LogP contribution < -0.4 is 5.32 Å². The van der Waals surface area contributed by atoms with Crippen molar-refractivity contribution < 1.29 is 4.52 Å². The van der Waals surface area contributed by atoms with Gasteiger partial charge >= 0.3 is 0 Å². The van der Waals surface area contributed by atoms with Crippen LogP contribution in [0.2, 0.25) is 0 Å². The minimum atomic E-state index is 0.111.